The molecule has 1 saturated carbocycles. The van der Waals surface area contributed by atoms with E-state index >= 15 is 0 Å². The molecule has 0 spiro atoms. The lowest BCUT2D eigenvalue weighted by Gasteiger charge is -2.34. The lowest BCUT2D eigenvalue weighted by atomic mass is 9.95. The van der Waals surface area contributed by atoms with Crippen molar-refractivity contribution in [3.63, 3.8) is 0 Å². The van der Waals surface area contributed by atoms with E-state index in [1.807, 2.05) is 0 Å². The van der Waals surface area contributed by atoms with Crippen LogP contribution in [0.2, 0.25) is 0 Å². The molecule has 1 N–H and O–H groups in total. The highest BCUT2D eigenvalue weighted by molar-refractivity contribution is 7.90. The largest absolute Gasteiger partial charge is 0.314 e. The fourth-order valence-corrected chi connectivity index (χ4v) is 7.10. The summed E-state index contributed by atoms with van der Waals surface area (Å²) in [6, 6.07) is 8.21. The van der Waals surface area contributed by atoms with Crippen LogP contribution in [0.4, 0.5) is 0 Å². The number of nitrogens with one attached hydrogen (secondary N) is 1. The van der Waals surface area contributed by atoms with Gasteiger partial charge in [0, 0.05) is 38.8 Å². The summed E-state index contributed by atoms with van der Waals surface area (Å²) in [5.74, 6) is -0.171. The van der Waals surface area contributed by atoms with E-state index < -0.39 is 20.0 Å². The molecule has 1 heterocycles. The SMILES string of the molecule is O=S(=O)(CCN(C1CCCCC1)S(=O)(=O)c1ccccc1)N1CCNCC1. The second-order valence-electron chi connectivity index (χ2n) is 7.19. The molecule has 152 valence electrons. The molecule has 1 aliphatic heterocycles. The van der Waals surface area contributed by atoms with Crippen molar-refractivity contribution in [1.29, 1.82) is 0 Å². The fraction of sp³-hybridized carbons (Fsp3) is 0.667. The Labute approximate surface area is 162 Å². The van der Waals surface area contributed by atoms with Gasteiger partial charge >= 0.3 is 0 Å². The Morgan fingerprint density at radius 1 is 0.963 bits per heavy atom. The van der Waals surface area contributed by atoms with Gasteiger partial charge in [-0.15, -0.1) is 0 Å². The monoisotopic (exact) mass is 415 g/mol. The molecule has 0 amide bonds. The second kappa shape index (κ2) is 9.00. The lowest BCUT2D eigenvalue weighted by molar-refractivity contribution is 0.260. The Morgan fingerprint density at radius 2 is 1.59 bits per heavy atom. The normalized spacial score (nSPS) is 20.8. The van der Waals surface area contributed by atoms with Gasteiger partial charge in [-0.1, -0.05) is 37.5 Å². The molecule has 3 rings (SSSR count). The van der Waals surface area contributed by atoms with Crippen molar-refractivity contribution in [3.8, 4) is 0 Å². The summed E-state index contributed by atoms with van der Waals surface area (Å²) in [6.45, 7) is 2.16. The van der Waals surface area contributed by atoms with Crippen molar-refractivity contribution in [1.82, 2.24) is 13.9 Å². The van der Waals surface area contributed by atoms with Crippen LogP contribution in [-0.4, -0.2) is 70.0 Å². The van der Waals surface area contributed by atoms with E-state index in [-0.39, 0.29) is 23.2 Å². The first-order chi connectivity index (χ1) is 12.9. The number of nitrogens with zero attached hydrogens (tertiary/aromatic N) is 2. The van der Waals surface area contributed by atoms with Gasteiger partial charge in [0.25, 0.3) is 0 Å². The molecule has 2 fully saturated rings. The molecule has 1 saturated heterocycles. The first kappa shape index (κ1) is 20.7. The van der Waals surface area contributed by atoms with E-state index in [9.17, 15) is 16.8 Å². The third-order valence-electron chi connectivity index (χ3n) is 5.37. The summed E-state index contributed by atoms with van der Waals surface area (Å²) in [6.07, 6.45) is 4.65. The summed E-state index contributed by atoms with van der Waals surface area (Å²) in [7, 11) is -7.19. The lowest BCUT2D eigenvalue weighted by Crippen LogP contribution is -2.49. The van der Waals surface area contributed by atoms with Gasteiger partial charge in [0.15, 0.2) is 0 Å². The van der Waals surface area contributed by atoms with Gasteiger partial charge in [-0.3, -0.25) is 0 Å². The second-order valence-corrected chi connectivity index (χ2v) is 11.2. The molecule has 0 aromatic heterocycles. The molecule has 0 bridgehead atoms. The minimum atomic E-state index is -3.72. The minimum Gasteiger partial charge on any atom is -0.314 e. The van der Waals surface area contributed by atoms with Crippen molar-refractivity contribution >= 4 is 20.0 Å². The highest BCUT2D eigenvalue weighted by Gasteiger charge is 2.34. The fourth-order valence-electron chi connectivity index (χ4n) is 3.85. The molecule has 27 heavy (non-hydrogen) atoms. The molecule has 7 nitrogen and oxygen atoms in total. The van der Waals surface area contributed by atoms with Crippen LogP contribution in [0.3, 0.4) is 0 Å². The maximum Gasteiger partial charge on any atom is 0.243 e. The first-order valence-electron chi connectivity index (χ1n) is 9.67. The third kappa shape index (κ3) is 5.08. The molecular weight excluding hydrogens is 386 g/mol. The average molecular weight is 416 g/mol. The zero-order valence-corrected chi connectivity index (χ0v) is 17.2. The topological polar surface area (TPSA) is 86.8 Å². The Bertz CT molecular complexity index is 800. The number of rotatable bonds is 7. The predicted molar refractivity (Wildman–Crippen MR) is 105 cm³/mol. The maximum atomic E-state index is 13.2. The number of piperazine rings is 1. The Morgan fingerprint density at radius 3 is 2.22 bits per heavy atom. The van der Waals surface area contributed by atoms with Crippen molar-refractivity contribution in [2.45, 2.75) is 43.0 Å². The van der Waals surface area contributed by atoms with Crippen LogP contribution in [0.25, 0.3) is 0 Å². The zero-order chi connectivity index (χ0) is 19.3. The van der Waals surface area contributed by atoms with E-state index in [2.05, 4.69) is 5.32 Å². The number of sulfonamides is 2. The van der Waals surface area contributed by atoms with Crippen LogP contribution >= 0.6 is 0 Å². The summed E-state index contributed by atoms with van der Waals surface area (Å²) in [5.41, 5.74) is 0. The van der Waals surface area contributed by atoms with Crippen molar-refractivity contribution in [2.75, 3.05) is 38.5 Å². The van der Waals surface area contributed by atoms with Crippen molar-refractivity contribution < 1.29 is 16.8 Å². The van der Waals surface area contributed by atoms with Crippen LogP contribution in [0.5, 0.6) is 0 Å². The number of hydrogen-bond donors (Lipinski definition) is 1. The molecule has 1 aromatic carbocycles. The summed E-state index contributed by atoms with van der Waals surface area (Å²) in [5, 5.41) is 3.14. The number of benzene rings is 1. The highest BCUT2D eigenvalue weighted by Crippen LogP contribution is 2.28. The molecule has 0 unspecified atom stereocenters. The van der Waals surface area contributed by atoms with Crippen LogP contribution in [0.15, 0.2) is 35.2 Å². The standard InChI is InChI=1S/C18H29N3O4S2/c22-26(23,20-13-11-19-12-14-20)16-15-21(17-7-3-1-4-8-17)27(24,25)18-9-5-2-6-10-18/h2,5-6,9-10,17,19H,1,3-4,7-8,11-16H2. The van der Waals surface area contributed by atoms with Crippen molar-refractivity contribution in [2.24, 2.45) is 0 Å². The van der Waals surface area contributed by atoms with Gasteiger partial charge in [0.1, 0.15) is 0 Å². The summed E-state index contributed by atoms with van der Waals surface area (Å²) < 4.78 is 54.8. The smallest absolute Gasteiger partial charge is 0.243 e. The van der Waals surface area contributed by atoms with Crippen LogP contribution < -0.4 is 5.32 Å². The van der Waals surface area contributed by atoms with Gasteiger partial charge in [0.2, 0.25) is 20.0 Å². The van der Waals surface area contributed by atoms with Crippen LogP contribution in [-0.2, 0) is 20.0 Å². The van der Waals surface area contributed by atoms with Crippen molar-refractivity contribution in [3.05, 3.63) is 30.3 Å². The molecule has 0 atom stereocenters. The van der Waals surface area contributed by atoms with E-state index in [0.717, 1.165) is 32.1 Å². The minimum absolute atomic E-state index is 0.00809. The van der Waals surface area contributed by atoms with E-state index in [4.69, 9.17) is 0 Å². The summed E-state index contributed by atoms with van der Waals surface area (Å²) >= 11 is 0. The van der Waals surface area contributed by atoms with Gasteiger partial charge < -0.3 is 5.32 Å². The Balaban J connectivity index is 1.80. The van der Waals surface area contributed by atoms with Crippen LogP contribution in [0, 0.1) is 0 Å². The highest BCUT2D eigenvalue weighted by atomic mass is 32.2. The third-order valence-corrected chi connectivity index (χ3v) is 9.19. The van der Waals surface area contributed by atoms with E-state index in [0.29, 0.717) is 26.2 Å². The Kier molecular flexibility index (Phi) is 6.91. The van der Waals surface area contributed by atoms with Gasteiger partial charge in [-0.05, 0) is 25.0 Å². The molecule has 9 heteroatoms. The maximum absolute atomic E-state index is 13.2. The first-order valence-corrected chi connectivity index (χ1v) is 12.7. The molecule has 2 aliphatic rings. The van der Waals surface area contributed by atoms with E-state index in [1.165, 1.54) is 8.61 Å². The van der Waals surface area contributed by atoms with Gasteiger partial charge in [0.05, 0.1) is 10.6 Å². The quantitative estimate of drug-likeness (QED) is 0.724. The molecule has 1 aromatic rings. The predicted octanol–water partition coefficient (Wildman–Crippen LogP) is 1.24. The van der Waals surface area contributed by atoms with Crippen LogP contribution in [0.1, 0.15) is 32.1 Å². The Hall–Kier alpha value is -1.00. The molecular formula is C18H29N3O4S2. The molecule has 1 aliphatic carbocycles. The molecule has 0 radical (unpaired) electrons. The zero-order valence-electron chi connectivity index (χ0n) is 15.6. The van der Waals surface area contributed by atoms with Gasteiger partial charge in [-0.25, -0.2) is 16.8 Å². The average Bonchev–Trinajstić information content (AvgIpc) is 2.70. The summed E-state index contributed by atoms with van der Waals surface area (Å²) in [4.78, 5) is 0.232. The van der Waals surface area contributed by atoms with E-state index in [1.54, 1.807) is 30.3 Å². The van der Waals surface area contributed by atoms with Gasteiger partial charge in [-0.2, -0.15) is 8.61 Å². The number of hydrogen-bond acceptors (Lipinski definition) is 5.